The van der Waals surface area contributed by atoms with Crippen LogP contribution in [0, 0.1) is 5.82 Å². The first-order valence-electron chi connectivity index (χ1n) is 5.96. The monoisotopic (exact) mass is 347 g/mol. The van der Waals surface area contributed by atoms with Crippen molar-refractivity contribution in [2.45, 2.75) is 18.5 Å². The fourth-order valence-corrected chi connectivity index (χ4v) is 2.52. The zero-order chi connectivity index (χ0) is 14.9. The van der Waals surface area contributed by atoms with Crippen molar-refractivity contribution in [3.05, 3.63) is 34.1 Å². The maximum Gasteiger partial charge on any atom is 0.343 e. The fraction of sp³-hybridized carbons (Fsp3) is 0.385. The van der Waals surface area contributed by atoms with E-state index in [-0.39, 0.29) is 29.8 Å². The standard InChI is InChI=1S/C13H12BrF2NO3/c14-9-5-8(1-2-10(9)15)6-11(18)17-4-3-13(16,7-17)12(19)20/h1-2,5H,3-4,6-7H2,(H,19,20). The zero-order valence-electron chi connectivity index (χ0n) is 10.4. The molecule has 1 amide bonds. The molecule has 1 aliphatic heterocycles. The van der Waals surface area contributed by atoms with Gasteiger partial charge in [-0.2, -0.15) is 0 Å². The Kier molecular flexibility index (Phi) is 4.08. The Balaban J connectivity index is 2.03. The molecule has 1 aromatic carbocycles. The highest BCUT2D eigenvalue weighted by Gasteiger charge is 2.46. The lowest BCUT2D eigenvalue weighted by Crippen LogP contribution is -2.39. The molecule has 1 heterocycles. The largest absolute Gasteiger partial charge is 0.479 e. The Hall–Kier alpha value is -1.50. The number of rotatable bonds is 3. The van der Waals surface area contributed by atoms with Gasteiger partial charge in [-0.3, -0.25) is 4.79 Å². The van der Waals surface area contributed by atoms with Crippen LogP contribution < -0.4 is 0 Å². The van der Waals surface area contributed by atoms with Gasteiger partial charge in [-0.15, -0.1) is 0 Å². The van der Waals surface area contributed by atoms with Crippen LogP contribution in [0.5, 0.6) is 0 Å². The third-order valence-corrected chi connectivity index (χ3v) is 3.90. The Morgan fingerprint density at radius 2 is 2.15 bits per heavy atom. The van der Waals surface area contributed by atoms with Crippen LogP contribution in [-0.4, -0.2) is 40.6 Å². The molecule has 20 heavy (non-hydrogen) atoms. The highest BCUT2D eigenvalue weighted by atomic mass is 79.9. The van der Waals surface area contributed by atoms with Crippen LogP contribution in [0.1, 0.15) is 12.0 Å². The molecule has 4 nitrogen and oxygen atoms in total. The second-order valence-electron chi connectivity index (χ2n) is 4.76. The molecular formula is C13H12BrF2NO3. The first-order chi connectivity index (χ1) is 9.32. The topological polar surface area (TPSA) is 57.6 Å². The SMILES string of the molecule is O=C(Cc1ccc(F)c(Br)c1)N1CCC(F)(C(=O)O)C1. The van der Waals surface area contributed by atoms with Gasteiger partial charge in [-0.25, -0.2) is 13.6 Å². The molecule has 1 fully saturated rings. The number of carbonyl (C=O) groups excluding carboxylic acids is 1. The van der Waals surface area contributed by atoms with Crippen LogP contribution in [0.4, 0.5) is 8.78 Å². The molecule has 1 atom stereocenters. The quantitative estimate of drug-likeness (QED) is 0.911. The number of carboxylic acids is 1. The third-order valence-electron chi connectivity index (χ3n) is 3.29. The van der Waals surface area contributed by atoms with Gasteiger partial charge >= 0.3 is 5.97 Å². The van der Waals surface area contributed by atoms with Gasteiger partial charge in [0.05, 0.1) is 17.4 Å². The lowest BCUT2D eigenvalue weighted by atomic mass is 10.1. The van der Waals surface area contributed by atoms with Gasteiger partial charge in [0.25, 0.3) is 0 Å². The summed E-state index contributed by atoms with van der Waals surface area (Å²) >= 11 is 3.02. The molecule has 0 saturated carbocycles. The van der Waals surface area contributed by atoms with Gasteiger partial charge in [0, 0.05) is 13.0 Å². The molecule has 0 aliphatic carbocycles. The average molecular weight is 348 g/mol. The van der Waals surface area contributed by atoms with E-state index in [1.165, 1.54) is 23.1 Å². The minimum Gasteiger partial charge on any atom is -0.479 e. The Morgan fingerprint density at radius 3 is 2.70 bits per heavy atom. The summed E-state index contributed by atoms with van der Waals surface area (Å²) in [5.74, 6) is -2.35. The van der Waals surface area contributed by atoms with E-state index >= 15 is 0 Å². The molecule has 1 aromatic rings. The normalized spacial score (nSPS) is 22.1. The third kappa shape index (κ3) is 2.98. The van der Waals surface area contributed by atoms with E-state index in [4.69, 9.17) is 5.11 Å². The summed E-state index contributed by atoms with van der Waals surface area (Å²) in [7, 11) is 0. The molecular weight excluding hydrogens is 336 g/mol. The maximum atomic E-state index is 13.9. The molecule has 1 N–H and O–H groups in total. The number of alkyl halides is 1. The number of amides is 1. The average Bonchev–Trinajstić information content (AvgIpc) is 2.78. The second kappa shape index (κ2) is 5.47. The van der Waals surface area contributed by atoms with Crippen molar-refractivity contribution < 1.29 is 23.5 Å². The van der Waals surface area contributed by atoms with E-state index in [9.17, 15) is 18.4 Å². The Bertz CT molecular complexity index is 567. The number of nitrogens with zero attached hydrogens (tertiary/aromatic N) is 1. The molecule has 0 spiro atoms. The first-order valence-corrected chi connectivity index (χ1v) is 6.75. The van der Waals surface area contributed by atoms with E-state index in [1.807, 2.05) is 0 Å². The molecule has 2 rings (SSSR count). The fourth-order valence-electron chi connectivity index (χ4n) is 2.10. The van der Waals surface area contributed by atoms with Gasteiger partial charge < -0.3 is 10.0 Å². The van der Waals surface area contributed by atoms with Crippen molar-refractivity contribution >= 4 is 27.8 Å². The minimum atomic E-state index is -2.36. The molecule has 0 bridgehead atoms. The molecule has 0 aromatic heterocycles. The van der Waals surface area contributed by atoms with Gasteiger partial charge in [0.1, 0.15) is 5.82 Å². The van der Waals surface area contributed by atoms with Crippen molar-refractivity contribution in [3.63, 3.8) is 0 Å². The predicted octanol–water partition coefficient (Wildman–Crippen LogP) is 2.16. The number of carboxylic acid groups (broad SMARTS) is 1. The van der Waals surface area contributed by atoms with Crippen LogP contribution in [0.3, 0.4) is 0 Å². The van der Waals surface area contributed by atoms with E-state index in [2.05, 4.69) is 15.9 Å². The van der Waals surface area contributed by atoms with Gasteiger partial charge in [0.15, 0.2) is 0 Å². The number of likely N-dealkylation sites (tertiary alicyclic amines) is 1. The maximum absolute atomic E-state index is 13.9. The molecule has 7 heteroatoms. The van der Waals surface area contributed by atoms with Crippen LogP contribution in [0.25, 0.3) is 0 Å². The molecule has 1 saturated heterocycles. The van der Waals surface area contributed by atoms with Crippen LogP contribution >= 0.6 is 15.9 Å². The van der Waals surface area contributed by atoms with Crippen molar-refractivity contribution in [1.29, 1.82) is 0 Å². The lowest BCUT2D eigenvalue weighted by molar-refractivity contribution is -0.150. The molecule has 1 unspecified atom stereocenters. The zero-order valence-corrected chi connectivity index (χ0v) is 12.0. The minimum absolute atomic E-state index is 0.0193. The Labute approximate surface area is 122 Å². The summed E-state index contributed by atoms with van der Waals surface area (Å²) in [6.07, 6.45) is -0.226. The number of hydrogen-bond acceptors (Lipinski definition) is 2. The van der Waals surface area contributed by atoms with Crippen molar-refractivity contribution in [3.8, 4) is 0 Å². The summed E-state index contributed by atoms with van der Waals surface area (Å²) in [5.41, 5.74) is -1.78. The highest BCUT2D eigenvalue weighted by Crippen LogP contribution is 2.26. The van der Waals surface area contributed by atoms with Crippen LogP contribution in [-0.2, 0) is 16.0 Å². The summed E-state index contributed by atoms with van der Waals surface area (Å²) in [4.78, 5) is 23.9. The smallest absolute Gasteiger partial charge is 0.343 e. The number of benzene rings is 1. The van der Waals surface area contributed by atoms with Gasteiger partial charge in [0.2, 0.25) is 11.6 Å². The van der Waals surface area contributed by atoms with E-state index in [1.54, 1.807) is 0 Å². The van der Waals surface area contributed by atoms with Crippen molar-refractivity contribution in [1.82, 2.24) is 4.90 Å². The summed E-state index contributed by atoms with van der Waals surface area (Å²) in [6, 6.07) is 4.17. The van der Waals surface area contributed by atoms with Gasteiger partial charge in [-0.05, 0) is 33.6 Å². The van der Waals surface area contributed by atoms with Crippen molar-refractivity contribution in [2.75, 3.05) is 13.1 Å². The van der Waals surface area contributed by atoms with Crippen molar-refractivity contribution in [2.24, 2.45) is 0 Å². The number of halogens is 3. The summed E-state index contributed by atoms with van der Waals surface area (Å²) in [6.45, 7) is -0.368. The summed E-state index contributed by atoms with van der Waals surface area (Å²) < 4.78 is 27.2. The number of aliphatic carboxylic acids is 1. The van der Waals surface area contributed by atoms with E-state index < -0.39 is 24.0 Å². The highest BCUT2D eigenvalue weighted by molar-refractivity contribution is 9.10. The van der Waals surface area contributed by atoms with Crippen LogP contribution in [0.2, 0.25) is 0 Å². The predicted molar refractivity (Wildman–Crippen MR) is 70.5 cm³/mol. The summed E-state index contributed by atoms with van der Waals surface area (Å²) in [5, 5.41) is 8.77. The molecule has 1 aliphatic rings. The second-order valence-corrected chi connectivity index (χ2v) is 5.62. The lowest BCUT2D eigenvalue weighted by Gasteiger charge is -2.17. The van der Waals surface area contributed by atoms with Crippen LogP contribution in [0.15, 0.2) is 22.7 Å². The molecule has 108 valence electrons. The number of hydrogen-bond donors (Lipinski definition) is 1. The van der Waals surface area contributed by atoms with E-state index in [0.717, 1.165) is 0 Å². The number of carbonyl (C=O) groups is 2. The van der Waals surface area contributed by atoms with Gasteiger partial charge in [-0.1, -0.05) is 6.07 Å². The molecule has 0 radical (unpaired) electrons. The Morgan fingerprint density at radius 1 is 1.45 bits per heavy atom. The van der Waals surface area contributed by atoms with E-state index in [0.29, 0.717) is 5.56 Å². The first kappa shape index (κ1) is 14.9.